The summed E-state index contributed by atoms with van der Waals surface area (Å²) in [7, 11) is 0. The van der Waals surface area contributed by atoms with Crippen molar-refractivity contribution in [3.05, 3.63) is 36.8 Å². The Morgan fingerprint density at radius 3 is 3.07 bits per heavy atom. The molecule has 1 saturated heterocycles. The van der Waals surface area contributed by atoms with Crippen LogP contribution < -0.4 is 0 Å². The van der Waals surface area contributed by atoms with Gasteiger partial charge in [0.1, 0.15) is 11.9 Å². The highest BCUT2D eigenvalue weighted by Gasteiger charge is 2.35. The van der Waals surface area contributed by atoms with Crippen molar-refractivity contribution in [2.45, 2.75) is 18.6 Å². The lowest BCUT2D eigenvalue weighted by Gasteiger charge is -2.12. The molecule has 76 valence electrons. The van der Waals surface area contributed by atoms with Crippen LogP contribution in [-0.4, -0.2) is 12.0 Å². The molecule has 2 nitrogen and oxygen atoms in total. The Labute approximate surface area is 88.5 Å². The van der Waals surface area contributed by atoms with Crippen LogP contribution in [0.15, 0.2) is 35.5 Å². The third-order valence-electron chi connectivity index (χ3n) is 2.56. The maximum Gasteiger partial charge on any atom is 0.133 e. The van der Waals surface area contributed by atoms with E-state index in [-0.39, 0.29) is 12.2 Å². The fourth-order valence-corrected chi connectivity index (χ4v) is 2.04. The first-order valence-corrected chi connectivity index (χ1v) is 5.26. The molecule has 3 atom stereocenters. The van der Waals surface area contributed by atoms with Crippen molar-refractivity contribution in [2.24, 2.45) is 5.92 Å². The van der Waals surface area contributed by atoms with Gasteiger partial charge in [0.2, 0.25) is 0 Å². The molecule has 0 saturated carbocycles. The number of hydrogen-bond donors (Lipinski definition) is 0. The molecule has 0 spiro atoms. The zero-order chi connectivity index (χ0) is 9.97. The van der Waals surface area contributed by atoms with Crippen LogP contribution >= 0.6 is 11.6 Å². The Morgan fingerprint density at radius 1 is 1.64 bits per heavy atom. The largest absolute Gasteiger partial charge is 0.467 e. The molecular weight excluding hydrogens is 200 g/mol. The number of halogens is 1. The van der Waals surface area contributed by atoms with Crippen molar-refractivity contribution >= 4 is 11.6 Å². The van der Waals surface area contributed by atoms with Crippen LogP contribution in [0, 0.1) is 5.92 Å². The Kier molecular flexibility index (Phi) is 2.94. The molecule has 1 aromatic rings. The highest BCUT2D eigenvalue weighted by Crippen LogP contribution is 2.39. The van der Waals surface area contributed by atoms with E-state index < -0.39 is 0 Å². The molecule has 0 aromatic carbocycles. The van der Waals surface area contributed by atoms with Crippen molar-refractivity contribution in [3.63, 3.8) is 0 Å². The number of alkyl halides is 1. The fourth-order valence-electron chi connectivity index (χ4n) is 1.84. The maximum absolute atomic E-state index is 5.77. The van der Waals surface area contributed by atoms with Gasteiger partial charge in [0.25, 0.3) is 0 Å². The van der Waals surface area contributed by atoms with Gasteiger partial charge in [0, 0.05) is 11.8 Å². The summed E-state index contributed by atoms with van der Waals surface area (Å²) in [5.74, 6) is 1.70. The summed E-state index contributed by atoms with van der Waals surface area (Å²) in [4.78, 5) is 0. The second-order valence-corrected chi connectivity index (χ2v) is 3.79. The predicted molar refractivity (Wildman–Crippen MR) is 55.3 cm³/mol. The summed E-state index contributed by atoms with van der Waals surface area (Å²) < 4.78 is 11.1. The molecule has 3 unspecified atom stereocenters. The summed E-state index contributed by atoms with van der Waals surface area (Å²) in [6.07, 6.45) is 4.62. The maximum atomic E-state index is 5.77. The predicted octanol–water partition coefficient (Wildman–Crippen LogP) is 3.15. The lowest BCUT2D eigenvalue weighted by molar-refractivity contribution is 0.0362. The Balaban J connectivity index is 2.14. The number of furan rings is 1. The zero-order valence-corrected chi connectivity index (χ0v) is 8.61. The third kappa shape index (κ3) is 1.72. The molecule has 0 amide bonds. The van der Waals surface area contributed by atoms with Gasteiger partial charge in [-0.05, 0) is 18.6 Å². The highest BCUT2D eigenvalue weighted by atomic mass is 35.5. The molecule has 2 rings (SSSR count). The van der Waals surface area contributed by atoms with Gasteiger partial charge < -0.3 is 9.15 Å². The fraction of sp³-hybridized carbons (Fsp3) is 0.455. The van der Waals surface area contributed by atoms with Crippen LogP contribution in [-0.2, 0) is 4.74 Å². The average molecular weight is 213 g/mol. The van der Waals surface area contributed by atoms with Gasteiger partial charge in [0.15, 0.2) is 0 Å². The van der Waals surface area contributed by atoms with Gasteiger partial charge >= 0.3 is 0 Å². The van der Waals surface area contributed by atoms with E-state index in [0.717, 1.165) is 12.2 Å². The highest BCUT2D eigenvalue weighted by molar-refractivity contribution is 6.18. The van der Waals surface area contributed by atoms with Crippen LogP contribution in [0.1, 0.15) is 18.3 Å². The van der Waals surface area contributed by atoms with Crippen molar-refractivity contribution < 1.29 is 9.15 Å². The monoisotopic (exact) mass is 212 g/mol. The number of ether oxygens (including phenoxy) is 1. The molecule has 1 aliphatic rings. The molecular formula is C11H13ClO2. The van der Waals surface area contributed by atoms with Gasteiger partial charge in [0.05, 0.1) is 12.4 Å². The summed E-state index contributed by atoms with van der Waals surface area (Å²) in [6.45, 7) is 3.81. The van der Waals surface area contributed by atoms with E-state index in [2.05, 4.69) is 6.58 Å². The van der Waals surface area contributed by atoms with Crippen molar-refractivity contribution in [2.75, 3.05) is 5.88 Å². The van der Waals surface area contributed by atoms with Gasteiger partial charge in [-0.15, -0.1) is 18.2 Å². The lowest BCUT2D eigenvalue weighted by Crippen LogP contribution is -2.07. The van der Waals surface area contributed by atoms with Crippen LogP contribution in [0.3, 0.4) is 0 Å². The summed E-state index contributed by atoms with van der Waals surface area (Å²) in [5.41, 5.74) is 0. The first kappa shape index (κ1) is 9.81. The Morgan fingerprint density at radius 2 is 2.50 bits per heavy atom. The molecule has 2 heterocycles. The van der Waals surface area contributed by atoms with Gasteiger partial charge in [-0.25, -0.2) is 0 Å². The van der Waals surface area contributed by atoms with E-state index in [1.165, 1.54) is 0 Å². The summed E-state index contributed by atoms with van der Waals surface area (Å²) in [6, 6.07) is 3.80. The number of hydrogen-bond acceptors (Lipinski definition) is 2. The minimum atomic E-state index is -0.00810. The SMILES string of the molecule is C=CC1CC(CCl)OC1c1ccco1. The summed E-state index contributed by atoms with van der Waals surface area (Å²) in [5, 5.41) is 0. The van der Waals surface area contributed by atoms with E-state index in [1.54, 1.807) is 6.26 Å². The third-order valence-corrected chi connectivity index (χ3v) is 2.91. The molecule has 3 heteroatoms. The second-order valence-electron chi connectivity index (χ2n) is 3.48. The minimum absolute atomic E-state index is 0.00810. The van der Waals surface area contributed by atoms with E-state index in [9.17, 15) is 0 Å². The van der Waals surface area contributed by atoms with E-state index in [1.807, 2.05) is 18.2 Å². The van der Waals surface area contributed by atoms with Gasteiger partial charge in [-0.2, -0.15) is 0 Å². The average Bonchev–Trinajstić information content (AvgIpc) is 2.85. The minimum Gasteiger partial charge on any atom is -0.467 e. The van der Waals surface area contributed by atoms with Crippen molar-refractivity contribution in [3.8, 4) is 0 Å². The quantitative estimate of drug-likeness (QED) is 0.567. The molecule has 0 radical (unpaired) electrons. The molecule has 1 fully saturated rings. The van der Waals surface area contributed by atoms with Crippen LogP contribution in [0.5, 0.6) is 0 Å². The first-order valence-electron chi connectivity index (χ1n) is 4.72. The van der Waals surface area contributed by atoms with Crippen molar-refractivity contribution in [1.29, 1.82) is 0 Å². The van der Waals surface area contributed by atoms with E-state index in [0.29, 0.717) is 11.8 Å². The molecule has 0 N–H and O–H groups in total. The molecule has 0 bridgehead atoms. The normalized spacial score (nSPS) is 31.9. The zero-order valence-electron chi connectivity index (χ0n) is 7.86. The number of rotatable bonds is 3. The molecule has 1 aliphatic heterocycles. The van der Waals surface area contributed by atoms with Crippen LogP contribution in [0.4, 0.5) is 0 Å². The Bertz CT molecular complexity index is 294. The smallest absolute Gasteiger partial charge is 0.133 e. The van der Waals surface area contributed by atoms with Crippen LogP contribution in [0.25, 0.3) is 0 Å². The van der Waals surface area contributed by atoms with Gasteiger partial charge in [-0.1, -0.05) is 6.08 Å². The standard InChI is InChI=1S/C11H13ClO2/c1-2-8-6-9(7-12)14-11(8)10-4-3-5-13-10/h2-5,8-9,11H,1,6-7H2. The topological polar surface area (TPSA) is 22.4 Å². The molecule has 14 heavy (non-hydrogen) atoms. The molecule has 1 aromatic heterocycles. The first-order chi connectivity index (χ1) is 6.85. The lowest BCUT2D eigenvalue weighted by atomic mass is 9.98. The van der Waals surface area contributed by atoms with E-state index >= 15 is 0 Å². The molecule has 0 aliphatic carbocycles. The van der Waals surface area contributed by atoms with Crippen LogP contribution in [0.2, 0.25) is 0 Å². The van der Waals surface area contributed by atoms with Gasteiger partial charge in [-0.3, -0.25) is 0 Å². The summed E-state index contributed by atoms with van der Waals surface area (Å²) >= 11 is 5.77. The second kappa shape index (κ2) is 4.20. The Hall–Kier alpha value is -0.730. The van der Waals surface area contributed by atoms with E-state index in [4.69, 9.17) is 20.8 Å². The van der Waals surface area contributed by atoms with Crippen molar-refractivity contribution in [1.82, 2.24) is 0 Å².